The number of nitrogens with zero attached hydrogens (tertiary/aromatic N) is 1. The molecule has 1 heterocycles. The minimum atomic E-state index is -0.716. The second kappa shape index (κ2) is 5.26. The Bertz CT molecular complexity index is 395. The number of hydrogen-bond acceptors (Lipinski definition) is 3. The van der Waals surface area contributed by atoms with Gasteiger partial charge in [-0.1, -0.05) is 0 Å². The fourth-order valence-corrected chi connectivity index (χ4v) is 2.88. The van der Waals surface area contributed by atoms with Crippen molar-refractivity contribution in [1.82, 2.24) is 4.90 Å². The molecule has 1 atom stereocenters. The Morgan fingerprint density at radius 3 is 2.45 bits per heavy atom. The fraction of sp³-hybridized carbons (Fsp3) is 0.867. The SMILES string of the molecule is CC(C)(C)OC(=O)N1CCCCC1CC1(C(=O)O)CC1. The van der Waals surface area contributed by atoms with Crippen LogP contribution in [0.15, 0.2) is 0 Å². The third-order valence-electron chi connectivity index (χ3n) is 4.19. The summed E-state index contributed by atoms with van der Waals surface area (Å²) in [6, 6.07) is 0.0113. The molecule has 0 aromatic heterocycles. The van der Waals surface area contributed by atoms with E-state index in [4.69, 9.17) is 4.74 Å². The largest absolute Gasteiger partial charge is 0.481 e. The van der Waals surface area contributed by atoms with Crippen LogP contribution >= 0.6 is 0 Å². The second-order valence-electron chi connectivity index (χ2n) is 7.11. The van der Waals surface area contributed by atoms with Crippen LogP contribution in [-0.2, 0) is 9.53 Å². The van der Waals surface area contributed by atoms with Crippen molar-refractivity contribution in [3.63, 3.8) is 0 Å². The number of carboxylic acids is 1. The fourth-order valence-electron chi connectivity index (χ4n) is 2.88. The zero-order valence-corrected chi connectivity index (χ0v) is 12.6. The molecule has 1 aliphatic heterocycles. The van der Waals surface area contributed by atoms with Gasteiger partial charge in [-0.05, 0) is 59.3 Å². The average Bonchev–Trinajstić information content (AvgIpc) is 3.08. The molecule has 20 heavy (non-hydrogen) atoms. The Balaban J connectivity index is 2.02. The molecule has 1 unspecified atom stereocenters. The molecule has 1 aliphatic carbocycles. The molecule has 114 valence electrons. The van der Waals surface area contributed by atoms with Crippen molar-refractivity contribution < 1.29 is 19.4 Å². The van der Waals surface area contributed by atoms with E-state index in [-0.39, 0.29) is 12.1 Å². The summed E-state index contributed by atoms with van der Waals surface area (Å²) in [4.78, 5) is 25.3. The van der Waals surface area contributed by atoms with E-state index >= 15 is 0 Å². The van der Waals surface area contributed by atoms with Crippen molar-refractivity contribution in [3.05, 3.63) is 0 Å². The van der Waals surface area contributed by atoms with Gasteiger partial charge < -0.3 is 14.7 Å². The maximum atomic E-state index is 12.3. The molecular weight excluding hydrogens is 258 g/mol. The van der Waals surface area contributed by atoms with Gasteiger partial charge >= 0.3 is 12.1 Å². The number of amides is 1. The third-order valence-corrected chi connectivity index (χ3v) is 4.19. The molecule has 1 saturated heterocycles. The van der Waals surface area contributed by atoms with Gasteiger partial charge in [0.15, 0.2) is 0 Å². The first-order chi connectivity index (χ1) is 9.23. The normalized spacial score (nSPS) is 25.1. The van der Waals surface area contributed by atoms with Crippen molar-refractivity contribution in [2.75, 3.05) is 6.54 Å². The molecule has 1 saturated carbocycles. The summed E-state index contributed by atoms with van der Waals surface area (Å²) in [5, 5.41) is 9.31. The number of ether oxygens (including phenoxy) is 1. The summed E-state index contributed by atoms with van der Waals surface area (Å²) < 4.78 is 5.44. The Kier molecular flexibility index (Phi) is 3.98. The molecule has 0 aromatic carbocycles. The molecule has 2 fully saturated rings. The Labute approximate surface area is 120 Å². The molecule has 1 amide bonds. The van der Waals surface area contributed by atoms with Gasteiger partial charge in [0.2, 0.25) is 0 Å². The Morgan fingerprint density at radius 1 is 1.30 bits per heavy atom. The van der Waals surface area contributed by atoms with Gasteiger partial charge in [-0.3, -0.25) is 4.79 Å². The van der Waals surface area contributed by atoms with E-state index in [1.54, 1.807) is 4.90 Å². The lowest BCUT2D eigenvalue weighted by Gasteiger charge is -2.38. The highest BCUT2D eigenvalue weighted by atomic mass is 16.6. The molecular formula is C15H25NO4. The van der Waals surface area contributed by atoms with Gasteiger partial charge in [-0.2, -0.15) is 0 Å². The van der Waals surface area contributed by atoms with Crippen molar-refractivity contribution >= 4 is 12.1 Å². The number of carbonyl (C=O) groups is 2. The van der Waals surface area contributed by atoms with E-state index in [9.17, 15) is 14.7 Å². The van der Waals surface area contributed by atoms with Crippen LogP contribution in [0.5, 0.6) is 0 Å². The first-order valence-corrected chi connectivity index (χ1v) is 7.47. The highest BCUT2D eigenvalue weighted by molar-refractivity contribution is 5.78. The van der Waals surface area contributed by atoms with Gasteiger partial charge in [0.1, 0.15) is 5.60 Å². The van der Waals surface area contributed by atoms with Gasteiger partial charge in [0.25, 0.3) is 0 Å². The summed E-state index contributed by atoms with van der Waals surface area (Å²) in [7, 11) is 0. The van der Waals surface area contributed by atoms with Crippen LogP contribution in [0.3, 0.4) is 0 Å². The first kappa shape index (κ1) is 15.1. The molecule has 2 rings (SSSR count). The molecule has 0 spiro atoms. The number of likely N-dealkylation sites (tertiary alicyclic amines) is 1. The number of hydrogen-bond donors (Lipinski definition) is 1. The third kappa shape index (κ3) is 3.44. The summed E-state index contributed by atoms with van der Waals surface area (Å²) >= 11 is 0. The number of piperidine rings is 1. The minimum Gasteiger partial charge on any atom is -0.481 e. The van der Waals surface area contributed by atoms with Gasteiger partial charge in [-0.15, -0.1) is 0 Å². The van der Waals surface area contributed by atoms with E-state index in [0.29, 0.717) is 13.0 Å². The minimum absolute atomic E-state index is 0.0113. The van der Waals surface area contributed by atoms with Gasteiger partial charge in [0, 0.05) is 12.6 Å². The summed E-state index contributed by atoms with van der Waals surface area (Å²) in [6.45, 7) is 6.23. The van der Waals surface area contributed by atoms with Crippen molar-refractivity contribution in [2.45, 2.75) is 70.9 Å². The van der Waals surface area contributed by atoms with E-state index in [0.717, 1.165) is 32.1 Å². The van der Waals surface area contributed by atoms with Crippen LogP contribution in [0.4, 0.5) is 4.79 Å². The Morgan fingerprint density at radius 2 is 1.95 bits per heavy atom. The lowest BCUT2D eigenvalue weighted by Crippen LogP contribution is -2.47. The number of carbonyl (C=O) groups excluding carboxylic acids is 1. The van der Waals surface area contributed by atoms with Crippen LogP contribution in [0.2, 0.25) is 0 Å². The van der Waals surface area contributed by atoms with Gasteiger partial charge in [0.05, 0.1) is 5.41 Å². The lowest BCUT2D eigenvalue weighted by atomic mass is 9.90. The van der Waals surface area contributed by atoms with Crippen LogP contribution in [0.25, 0.3) is 0 Å². The number of aliphatic carboxylic acids is 1. The van der Waals surface area contributed by atoms with Crippen LogP contribution in [0.1, 0.15) is 59.3 Å². The van der Waals surface area contributed by atoms with Crippen LogP contribution < -0.4 is 0 Å². The van der Waals surface area contributed by atoms with Crippen molar-refractivity contribution in [3.8, 4) is 0 Å². The Hall–Kier alpha value is -1.26. The zero-order valence-electron chi connectivity index (χ0n) is 12.6. The maximum absolute atomic E-state index is 12.3. The van der Waals surface area contributed by atoms with Crippen LogP contribution in [0, 0.1) is 5.41 Å². The highest BCUT2D eigenvalue weighted by Gasteiger charge is 2.52. The average molecular weight is 283 g/mol. The molecule has 1 N–H and O–H groups in total. The number of rotatable bonds is 3. The summed E-state index contributed by atoms with van der Waals surface area (Å²) in [6.07, 6.45) is 4.65. The van der Waals surface area contributed by atoms with Gasteiger partial charge in [-0.25, -0.2) is 4.79 Å². The summed E-state index contributed by atoms with van der Waals surface area (Å²) in [5.74, 6) is -0.716. The highest BCUT2D eigenvalue weighted by Crippen LogP contribution is 2.51. The van der Waals surface area contributed by atoms with E-state index in [1.807, 2.05) is 20.8 Å². The lowest BCUT2D eigenvalue weighted by molar-refractivity contribution is -0.144. The molecule has 0 bridgehead atoms. The second-order valence-corrected chi connectivity index (χ2v) is 7.11. The molecule has 0 radical (unpaired) electrons. The topological polar surface area (TPSA) is 66.8 Å². The van der Waals surface area contributed by atoms with Crippen molar-refractivity contribution in [1.29, 1.82) is 0 Å². The van der Waals surface area contributed by atoms with Crippen LogP contribution in [-0.4, -0.2) is 40.3 Å². The molecule has 5 heteroatoms. The molecule has 2 aliphatic rings. The first-order valence-electron chi connectivity index (χ1n) is 7.47. The zero-order chi connectivity index (χ0) is 15.0. The standard InChI is InChI=1S/C15H25NO4/c1-14(2,3)20-13(19)16-9-5-4-6-11(16)10-15(7-8-15)12(17)18/h11H,4-10H2,1-3H3,(H,17,18). The predicted octanol–water partition coefficient (Wildman–Crippen LogP) is 3.03. The number of carboxylic acid groups (broad SMARTS) is 1. The maximum Gasteiger partial charge on any atom is 0.410 e. The van der Waals surface area contributed by atoms with E-state index in [2.05, 4.69) is 0 Å². The van der Waals surface area contributed by atoms with E-state index < -0.39 is 17.0 Å². The molecule has 0 aromatic rings. The predicted molar refractivity (Wildman–Crippen MR) is 74.5 cm³/mol. The quantitative estimate of drug-likeness (QED) is 0.864. The van der Waals surface area contributed by atoms with E-state index in [1.165, 1.54) is 0 Å². The monoisotopic (exact) mass is 283 g/mol. The smallest absolute Gasteiger partial charge is 0.410 e. The summed E-state index contributed by atoms with van der Waals surface area (Å²) in [5.41, 5.74) is -1.09. The molecule has 5 nitrogen and oxygen atoms in total. The van der Waals surface area contributed by atoms with Crippen molar-refractivity contribution in [2.24, 2.45) is 5.41 Å².